The van der Waals surface area contributed by atoms with Gasteiger partial charge in [-0.25, -0.2) is 4.98 Å². The molecule has 0 aliphatic carbocycles. The highest BCUT2D eigenvalue weighted by molar-refractivity contribution is 5.91. The molecule has 0 saturated heterocycles. The van der Waals surface area contributed by atoms with Gasteiger partial charge in [0.25, 0.3) is 0 Å². The van der Waals surface area contributed by atoms with E-state index in [1.807, 2.05) is 31.7 Å². The maximum atomic E-state index is 11.9. The van der Waals surface area contributed by atoms with Crippen LogP contribution in [0.2, 0.25) is 0 Å². The number of amides is 1. The van der Waals surface area contributed by atoms with Crippen molar-refractivity contribution in [2.24, 2.45) is 7.05 Å². The number of aromatic nitrogens is 4. The molecule has 0 atom stereocenters. The summed E-state index contributed by atoms with van der Waals surface area (Å²) in [5, 5.41) is 6.96. The molecule has 0 bridgehead atoms. The molecule has 3 rings (SSSR count). The number of imidazole rings is 1. The average Bonchev–Trinajstić information content (AvgIpc) is 3.16. The van der Waals surface area contributed by atoms with Gasteiger partial charge in [-0.1, -0.05) is 6.07 Å². The maximum Gasteiger partial charge on any atom is 0.244 e. The fourth-order valence-corrected chi connectivity index (χ4v) is 2.54. The van der Waals surface area contributed by atoms with E-state index in [1.165, 1.54) is 6.08 Å². The second kappa shape index (κ2) is 6.70. The first-order chi connectivity index (χ1) is 11.5. The molecule has 0 spiro atoms. The fraction of sp³-hybridized carbons (Fsp3) is 0.278. The molecule has 1 amide bonds. The van der Waals surface area contributed by atoms with Crippen molar-refractivity contribution in [3.8, 4) is 0 Å². The summed E-state index contributed by atoms with van der Waals surface area (Å²) >= 11 is 0. The van der Waals surface area contributed by atoms with Crippen LogP contribution in [0.5, 0.6) is 0 Å². The molecule has 0 aliphatic rings. The van der Waals surface area contributed by atoms with E-state index in [0.717, 1.165) is 22.2 Å². The Balaban J connectivity index is 1.65. The van der Waals surface area contributed by atoms with Crippen LogP contribution in [0, 0.1) is 0 Å². The number of carbonyl (C=O) groups is 1. The summed E-state index contributed by atoms with van der Waals surface area (Å²) in [4.78, 5) is 16.3. The first kappa shape index (κ1) is 16.0. The normalized spacial score (nSPS) is 11.7. The van der Waals surface area contributed by atoms with Gasteiger partial charge in [-0.2, -0.15) is 5.10 Å². The van der Waals surface area contributed by atoms with Crippen LogP contribution in [0.15, 0.2) is 43.0 Å². The first-order valence-electron chi connectivity index (χ1n) is 7.93. The van der Waals surface area contributed by atoms with Crippen molar-refractivity contribution in [1.29, 1.82) is 0 Å². The molecule has 0 unspecified atom stereocenters. The predicted octanol–water partition coefficient (Wildman–Crippen LogP) is 2.68. The molecule has 3 aromatic rings. The van der Waals surface area contributed by atoms with Gasteiger partial charge in [0.05, 0.1) is 23.6 Å². The average molecular weight is 323 g/mol. The highest BCUT2D eigenvalue weighted by Crippen LogP contribution is 2.18. The third-order valence-corrected chi connectivity index (χ3v) is 3.81. The highest BCUT2D eigenvalue weighted by atomic mass is 16.1. The smallest absolute Gasteiger partial charge is 0.244 e. The molecule has 124 valence electrons. The van der Waals surface area contributed by atoms with Gasteiger partial charge in [0.1, 0.15) is 0 Å². The summed E-state index contributed by atoms with van der Waals surface area (Å²) in [5.74, 6) is -0.128. The van der Waals surface area contributed by atoms with Crippen molar-refractivity contribution in [3.05, 3.63) is 54.1 Å². The van der Waals surface area contributed by atoms with Crippen molar-refractivity contribution < 1.29 is 4.79 Å². The minimum Gasteiger partial charge on any atom is -0.348 e. The molecule has 2 heterocycles. The van der Waals surface area contributed by atoms with Gasteiger partial charge in [0.2, 0.25) is 5.91 Å². The number of nitrogens with one attached hydrogen (secondary N) is 1. The topological polar surface area (TPSA) is 64.7 Å². The first-order valence-corrected chi connectivity index (χ1v) is 7.93. The lowest BCUT2D eigenvalue weighted by molar-refractivity contribution is -0.116. The Bertz CT molecular complexity index is 888. The summed E-state index contributed by atoms with van der Waals surface area (Å²) in [6.07, 6.45) is 8.69. The van der Waals surface area contributed by atoms with E-state index >= 15 is 0 Å². The fourth-order valence-electron chi connectivity index (χ4n) is 2.54. The van der Waals surface area contributed by atoms with E-state index in [1.54, 1.807) is 17.0 Å². The van der Waals surface area contributed by atoms with E-state index in [9.17, 15) is 4.79 Å². The molecule has 0 radical (unpaired) electrons. The number of fused-ring (bicyclic) bond motifs is 1. The molecule has 24 heavy (non-hydrogen) atoms. The van der Waals surface area contributed by atoms with E-state index in [4.69, 9.17) is 0 Å². The minimum atomic E-state index is -0.128. The largest absolute Gasteiger partial charge is 0.348 e. The zero-order valence-electron chi connectivity index (χ0n) is 14.1. The number of hydrogen-bond acceptors (Lipinski definition) is 3. The Morgan fingerprint density at radius 3 is 2.92 bits per heavy atom. The number of aryl methyl sites for hydroxylation is 1. The summed E-state index contributed by atoms with van der Waals surface area (Å²) in [6.45, 7) is 4.73. The van der Waals surface area contributed by atoms with Crippen LogP contribution in [-0.4, -0.2) is 25.2 Å². The Labute approximate surface area is 140 Å². The third-order valence-electron chi connectivity index (χ3n) is 3.81. The summed E-state index contributed by atoms with van der Waals surface area (Å²) < 4.78 is 3.83. The second-order valence-corrected chi connectivity index (χ2v) is 6.07. The van der Waals surface area contributed by atoms with Crippen LogP contribution in [0.25, 0.3) is 17.1 Å². The van der Waals surface area contributed by atoms with Gasteiger partial charge in [-0.15, -0.1) is 0 Å². The van der Waals surface area contributed by atoms with E-state index in [-0.39, 0.29) is 5.91 Å². The predicted molar refractivity (Wildman–Crippen MR) is 94.2 cm³/mol. The lowest BCUT2D eigenvalue weighted by Crippen LogP contribution is -2.20. The highest BCUT2D eigenvalue weighted by Gasteiger charge is 2.06. The van der Waals surface area contributed by atoms with Crippen molar-refractivity contribution in [2.45, 2.75) is 26.4 Å². The molecule has 6 heteroatoms. The molecule has 1 aromatic carbocycles. The molecule has 1 N–H and O–H groups in total. The lowest BCUT2D eigenvalue weighted by atomic mass is 10.2. The molecule has 0 saturated carbocycles. The quantitative estimate of drug-likeness (QED) is 0.734. The zero-order valence-corrected chi connectivity index (χ0v) is 14.1. The van der Waals surface area contributed by atoms with E-state index < -0.39 is 0 Å². The van der Waals surface area contributed by atoms with Gasteiger partial charge in [0, 0.05) is 37.5 Å². The Kier molecular flexibility index (Phi) is 4.46. The number of hydrogen-bond donors (Lipinski definition) is 1. The molecule has 2 aromatic heterocycles. The minimum absolute atomic E-state index is 0.128. The Morgan fingerprint density at radius 2 is 2.21 bits per heavy atom. The van der Waals surface area contributed by atoms with E-state index in [2.05, 4.69) is 39.9 Å². The van der Waals surface area contributed by atoms with Gasteiger partial charge in [-0.3, -0.25) is 9.48 Å². The van der Waals surface area contributed by atoms with Crippen LogP contribution >= 0.6 is 0 Å². The number of carbonyl (C=O) groups excluding carboxylic acids is 1. The van der Waals surface area contributed by atoms with Gasteiger partial charge >= 0.3 is 0 Å². The van der Waals surface area contributed by atoms with Gasteiger partial charge < -0.3 is 9.88 Å². The summed E-state index contributed by atoms with van der Waals surface area (Å²) in [6, 6.07) is 6.40. The van der Waals surface area contributed by atoms with Crippen LogP contribution in [-0.2, 0) is 18.4 Å². The van der Waals surface area contributed by atoms with Crippen molar-refractivity contribution in [2.75, 3.05) is 0 Å². The molecule has 6 nitrogen and oxygen atoms in total. The standard InChI is InChI=1S/C18H21N5O/c1-13(2)23-12-20-16-6-4-14(8-17(16)23)9-19-18(24)7-5-15-10-21-22(3)11-15/h4-8,10-13H,9H2,1-3H3,(H,19,24). The SMILES string of the molecule is CC(C)n1cnc2ccc(CNC(=O)C=Cc3cnn(C)c3)cc21. The van der Waals surface area contributed by atoms with Gasteiger partial charge in [0.15, 0.2) is 0 Å². The Hall–Kier alpha value is -2.89. The van der Waals surface area contributed by atoms with Crippen LogP contribution in [0.1, 0.15) is 31.0 Å². The van der Waals surface area contributed by atoms with Crippen molar-refractivity contribution >= 4 is 23.0 Å². The summed E-state index contributed by atoms with van der Waals surface area (Å²) in [5.41, 5.74) is 4.00. The molecular formula is C18H21N5O. The number of benzene rings is 1. The second-order valence-electron chi connectivity index (χ2n) is 6.07. The third kappa shape index (κ3) is 3.53. The monoisotopic (exact) mass is 323 g/mol. The Morgan fingerprint density at radius 1 is 1.38 bits per heavy atom. The lowest BCUT2D eigenvalue weighted by Gasteiger charge is -2.09. The van der Waals surface area contributed by atoms with Crippen LogP contribution in [0.3, 0.4) is 0 Å². The molecular weight excluding hydrogens is 302 g/mol. The summed E-state index contributed by atoms with van der Waals surface area (Å²) in [7, 11) is 1.84. The van der Waals surface area contributed by atoms with Crippen LogP contribution < -0.4 is 5.32 Å². The molecule has 0 aliphatic heterocycles. The van der Waals surface area contributed by atoms with Gasteiger partial charge in [-0.05, 0) is 37.6 Å². The maximum absolute atomic E-state index is 11.9. The zero-order chi connectivity index (χ0) is 17.1. The van der Waals surface area contributed by atoms with E-state index in [0.29, 0.717) is 12.6 Å². The number of nitrogens with zero attached hydrogens (tertiary/aromatic N) is 4. The van der Waals surface area contributed by atoms with Crippen LogP contribution in [0.4, 0.5) is 0 Å². The van der Waals surface area contributed by atoms with Crippen molar-refractivity contribution in [3.63, 3.8) is 0 Å². The van der Waals surface area contributed by atoms with Crippen molar-refractivity contribution in [1.82, 2.24) is 24.6 Å². The molecule has 0 fully saturated rings. The number of rotatable bonds is 5.